The molecule has 0 spiro atoms. The molecule has 1 unspecified atom stereocenters. The van der Waals surface area contributed by atoms with Gasteiger partial charge < -0.3 is 14.9 Å². The van der Waals surface area contributed by atoms with Crippen LogP contribution in [0.3, 0.4) is 0 Å². The van der Waals surface area contributed by atoms with E-state index in [4.69, 9.17) is 4.74 Å². The highest BCUT2D eigenvalue weighted by atomic mass is 16.5. The number of aliphatic hydroxyl groups is 2. The quantitative estimate of drug-likeness (QED) is 0.500. The van der Waals surface area contributed by atoms with Crippen molar-refractivity contribution in [1.29, 1.82) is 0 Å². The van der Waals surface area contributed by atoms with Gasteiger partial charge in [-0.2, -0.15) is 0 Å². The Morgan fingerprint density at radius 1 is 1.20 bits per heavy atom. The van der Waals surface area contributed by atoms with E-state index in [0.29, 0.717) is 48.5 Å². The van der Waals surface area contributed by atoms with E-state index in [1.165, 1.54) is 6.42 Å². The summed E-state index contributed by atoms with van der Waals surface area (Å²) in [6.45, 7) is 9.25. The lowest BCUT2D eigenvalue weighted by Crippen LogP contribution is -2.61. The Morgan fingerprint density at radius 3 is 2.70 bits per heavy atom. The Bertz CT molecular complexity index is 674. The zero-order chi connectivity index (χ0) is 21.7. The number of fused-ring (bicyclic) bond motifs is 5. The minimum absolute atomic E-state index is 0.111. The van der Waals surface area contributed by atoms with E-state index in [-0.39, 0.29) is 29.0 Å². The van der Waals surface area contributed by atoms with Crippen LogP contribution >= 0.6 is 0 Å². The van der Waals surface area contributed by atoms with Crippen LogP contribution in [0.4, 0.5) is 0 Å². The molecule has 4 rings (SSSR count). The van der Waals surface area contributed by atoms with Gasteiger partial charge in [0.25, 0.3) is 0 Å². The second-order valence-corrected chi connectivity index (χ2v) is 11.3. The predicted octanol–water partition coefficient (Wildman–Crippen LogP) is 4.73. The largest absolute Gasteiger partial charge is 0.466 e. The van der Waals surface area contributed by atoms with Crippen LogP contribution in [0.25, 0.3) is 0 Å². The van der Waals surface area contributed by atoms with E-state index in [0.717, 1.165) is 38.5 Å². The summed E-state index contributed by atoms with van der Waals surface area (Å²) in [4.78, 5) is 11.9. The molecular weight excluding hydrogens is 376 g/mol. The third-order valence-corrected chi connectivity index (χ3v) is 10.2. The SMILES string of the molecule is CCOC(=O)CC[C@@H](C)C1CC[C@H]2[C@@H]3[C@H](O)C[C@@H]4C=CCC[C@]4(C)[C@H]3C[C@H](O)[C@]12C. The van der Waals surface area contributed by atoms with Crippen molar-refractivity contribution in [2.24, 2.45) is 46.3 Å². The number of carbonyl (C=O) groups excluding carboxylic acids is 1. The van der Waals surface area contributed by atoms with Gasteiger partial charge in [0.1, 0.15) is 0 Å². The van der Waals surface area contributed by atoms with E-state index < -0.39 is 0 Å². The summed E-state index contributed by atoms with van der Waals surface area (Å²) < 4.78 is 5.13. The van der Waals surface area contributed by atoms with Gasteiger partial charge in [-0.15, -0.1) is 0 Å². The molecule has 4 heteroatoms. The Hall–Kier alpha value is -0.870. The highest BCUT2D eigenvalue weighted by Gasteiger charge is 2.65. The summed E-state index contributed by atoms with van der Waals surface area (Å²) >= 11 is 0. The summed E-state index contributed by atoms with van der Waals surface area (Å²) in [5.74, 6) is 2.18. The zero-order valence-corrected chi connectivity index (χ0v) is 19.3. The second-order valence-electron chi connectivity index (χ2n) is 11.3. The molecule has 4 aliphatic carbocycles. The molecule has 0 heterocycles. The number of hydrogen-bond donors (Lipinski definition) is 2. The van der Waals surface area contributed by atoms with Gasteiger partial charge >= 0.3 is 5.97 Å². The van der Waals surface area contributed by atoms with Crippen LogP contribution in [0.1, 0.15) is 79.1 Å². The Balaban J connectivity index is 1.55. The van der Waals surface area contributed by atoms with Crippen LogP contribution in [0.2, 0.25) is 0 Å². The molecular formula is C26H42O4. The van der Waals surface area contributed by atoms with Crippen molar-refractivity contribution in [3.63, 3.8) is 0 Å². The van der Waals surface area contributed by atoms with Crippen molar-refractivity contribution in [3.05, 3.63) is 12.2 Å². The maximum atomic E-state index is 11.9. The van der Waals surface area contributed by atoms with E-state index in [1.807, 2.05) is 6.92 Å². The van der Waals surface area contributed by atoms with E-state index >= 15 is 0 Å². The molecule has 0 radical (unpaired) electrons. The lowest BCUT2D eigenvalue weighted by atomic mass is 9.44. The van der Waals surface area contributed by atoms with Crippen molar-refractivity contribution < 1.29 is 19.7 Å². The minimum Gasteiger partial charge on any atom is -0.466 e. The summed E-state index contributed by atoms with van der Waals surface area (Å²) in [5.41, 5.74) is 0.0402. The van der Waals surface area contributed by atoms with Gasteiger partial charge in [-0.25, -0.2) is 0 Å². The average molecular weight is 419 g/mol. The monoisotopic (exact) mass is 418 g/mol. The molecule has 0 bridgehead atoms. The highest BCUT2D eigenvalue weighted by molar-refractivity contribution is 5.69. The van der Waals surface area contributed by atoms with E-state index in [2.05, 4.69) is 32.9 Å². The number of ether oxygens (including phenoxy) is 1. The maximum absolute atomic E-state index is 11.9. The van der Waals surface area contributed by atoms with Crippen molar-refractivity contribution in [1.82, 2.24) is 0 Å². The number of esters is 1. The van der Waals surface area contributed by atoms with Gasteiger partial charge in [0, 0.05) is 6.42 Å². The molecule has 3 saturated carbocycles. The van der Waals surface area contributed by atoms with Crippen LogP contribution in [0.5, 0.6) is 0 Å². The average Bonchev–Trinajstić information content (AvgIpc) is 3.06. The molecule has 0 aromatic heterocycles. The van der Waals surface area contributed by atoms with Gasteiger partial charge in [-0.05, 0) is 98.2 Å². The summed E-state index contributed by atoms with van der Waals surface area (Å²) in [5, 5.41) is 22.8. The first-order valence-corrected chi connectivity index (χ1v) is 12.4. The molecule has 0 amide bonds. The van der Waals surface area contributed by atoms with Crippen LogP contribution < -0.4 is 0 Å². The lowest BCUT2D eigenvalue weighted by Gasteiger charge is -2.62. The first-order valence-electron chi connectivity index (χ1n) is 12.4. The normalized spacial score (nSPS) is 48.4. The van der Waals surface area contributed by atoms with Crippen LogP contribution in [0, 0.1) is 46.3 Å². The van der Waals surface area contributed by atoms with E-state index in [9.17, 15) is 15.0 Å². The van der Waals surface area contributed by atoms with Crippen LogP contribution in [0.15, 0.2) is 12.2 Å². The van der Waals surface area contributed by atoms with Gasteiger partial charge in [-0.3, -0.25) is 4.79 Å². The molecule has 2 N–H and O–H groups in total. The van der Waals surface area contributed by atoms with Gasteiger partial charge in [0.2, 0.25) is 0 Å². The molecule has 0 aliphatic heterocycles. The molecule has 10 atom stereocenters. The summed E-state index contributed by atoms with van der Waals surface area (Å²) in [7, 11) is 0. The fourth-order valence-electron chi connectivity index (χ4n) is 8.50. The van der Waals surface area contributed by atoms with Crippen molar-refractivity contribution in [3.8, 4) is 0 Å². The number of rotatable bonds is 5. The molecule has 30 heavy (non-hydrogen) atoms. The van der Waals surface area contributed by atoms with Crippen molar-refractivity contribution >= 4 is 5.97 Å². The first-order chi connectivity index (χ1) is 14.2. The minimum atomic E-state index is -0.324. The molecule has 170 valence electrons. The third kappa shape index (κ3) is 3.37. The Kier molecular flexibility index (Phi) is 6.13. The molecule has 3 fully saturated rings. The van der Waals surface area contributed by atoms with Crippen LogP contribution in [-0.2, 0) is 9.53 Å². The molecule has 4 aliphatic rings. The third-order valence-electron chi connectivity index (χ3n) is 10.2. The maximum Gasteiger partial charge on any atom is 0.305 e. The molecule has 0 saturated heterocycles. The predicted molar refractivity (Wildman–Crippen MR) is 118 cm³/mol. The van der Waals surface area contributed by atoms with Gasteiger partial charge in [-0.1, -0.05) is 32.9 Å². The topological polar surface area (TPSA) is 66.8 Å². The fraction of sp³-hybridized carbons (Fsp3) is 0.885. The van der Waals surface area contributed by atoms with Gasteiger partial charge in [0.15, 0.2) is 0 Å². The lowest BCUT2D eigenvalue weighted by molar-refractivity contribution is -0.191. The van der Waals surface area contributed by atoms with E-state index in [1.54, 1.807) is 0 Å². The zero-order valence-electron chi connectivity index (χ0n) is 19.3. The van der Waals surface area contributed by atoms with Crippen molar-refractivity contribution in [2.75, 3.05) is 6.61 Å². The summed E-state index contributed by atoms with van der Waals surface area (Å²) in [6, 6.07) is 0. The summed E-state index contributed by atoms with van der Waals surface area (Å²) in [6.07, 6.45) is 11.5. The standard InChI is InChI=1S/C26H42O4/c1-5-30-23(29)12-9-16(2)18-10-11-19-24-20(15-22(28)26(18,19)4)25(3)13-7-6-8-17(25)14-21(24)27/h6,8,16-22,24,27-28H,5,7,9-15H2,1-4H3/t16-,17+,18?,19+,20+,21-,22+,24+,25+,26-/m1/s1. The smallest absolute Gasteiger partial charge is 0.305 e. The number of hydrogen-bond acceptors (Lipinski definition) is 4. The molecule has 0 aromatic rings. The molecule has 0 aromatic carbocycles. The molecule has 4 nitrogen and oxygen atoms in total. The number of allylic oxidation sites excluding steroid dienone is 2. The first kappa shape index (κ1) is 22.3. The van der Waals surface area contributed by atoms with Crippen LogP contribution in [-0.4, -0.2) is 35.0 Å². The Morgan fingerprint density at radius 2 is 1.97 bits per heavy atom. The second kappa shape index (κ2) is 8.24. The fourth-order valence-corrected chi connectivity index (χ4v) is 8.50. The van der Waals surface area contributed by atoms with Crippen molar-refractivity contribution in [2.45, 2.75) is 91.3 Å². The number of carbonyl (C=O) groups is 1. The van der Waals surface area contributed by atoms with Gasteiger partial charge in [0.05, 0.1) is 18.8 Å². The Labute approximate surface area is 182 Å². The highest BCUT2D eigenvalue weighted by Crippen LogP contribution is 2.67. The number of aliphatic hydroxyl groups excluding tert-OH is 2.